The molecule has 2 rings (SSSR count). The van der Waals surface area contributed by atoms with Crippen molar-refractivity contribution < 1.29 is 9.59 Å². The number of carbonyl (C=O) groups is 2. The number of thioether (sulfide) groups is 1. The standard InChI is InChI=1S/C13H16N6O2S/c1-8-4-5-9(2)11(6-8)19-13(16-17-18-19)22-7-12(21)15-14-10(3)20/h4-6H,7H2,1-3H3,(H,14,20)(H,15,21). The van der Waals surface area contributed by atoms with Crippen LogP contribution in [0.4, 0.5) is 0 Å². The highest BCUT2D eigenvalue weighted by atomic mass is 32.2. The molecule has 0 spiro atoms. The molecule has 0 aliphatic carbocycles. The van der Waals surface area contributed by atoms with Crippen LogP contribution in [0.15, 0.2) is 23.4 Å². The molecule has 9 heteroatoms. The number of tetrazole rings is 1. The third kappa shape index (κ3) is 4.04. The second kappa shape index (κ2) is 7.03. The summed E-state index contributed by atoms with van der Waals surface area (Å²) in [6.45, 7) is 5.27. The number of aromatic nitrogens is 4. The van der Waals surface area contributed by atoms with E-state index in [-0.39, 0.29) is 17.6 Å². The zero-order valence-corrected chi connectivity index (χ0v) is 13.3. The summed E-state index contributed by atoms with van der Waals surface area (Å²) in [7, 11) is 0. The molecule has 8 nitrogen and oxygen atoms in total. The van der Waals surface area contributed by atoms with E-state index in [0.717, 1.165) is 16.8 Å². The summed E-state index contributed by atoms with van der Waals surface area (Å²) in [6, 6.07) is 5.98. The van der Waals surface area contributed by atoms with Crippen molar-refractivity contribution in [2.75, 3.05) is 5.75 Å². The molecule has 0 atom stereocenters. The van der Waals surface area contributed by atoms with Crippen molar-refractivity contribution in [3.05, 3.63) is 29.3 Å². The van der Waals surface area contributed by atoms with E-state index in [4.69, 9.17) is 0 Å². The van der Waals surface area contributed by atoms with Gasteiger partial charge in [0.15, 0.2) is 0 Å². The van der Waals surface area contributed by atoms with Crippen LogP contribution >= 0.6 is 11.8 Å². The van der Waals surface area contributed by atoms with Crippen molar-refractivity contribution in [1.82, 2.24) is 31.1 Å². The van der Waals surface area contributed by atoms with Crippen LogP contribution in [-0.4, -0.2) is 37.8 Å². The lowest BCUT2D eigenvalue weighted by molar-refractivity contribution is -0.126. The van der Waals surface area contributed by atoms with E-state index in [1.54, 1.807) is 4.68 Å². The third-order valence-electron chi connectivity index (χ3n) is 2.74. The van der Waals surface area contributed by atoms with Crippen LogP contribution in [0.5, 0.6) is 0 Å². The molecule has 0 bridgehead atoms. The van der Waals surface area contributed by atoms with E-state index in [0.29, 0.717) is 5.16 Å². The topological polar surface area (TPSA) is 102 Å². The number of benzene rings is 1. The average molecular weight is 320 g/mol. The van der Waals surface area contributed by atoms with Gasteiger partial charge in [-0.15, -0.1) is 5.10 Å². The Kier molecular flexibility index (Phi) is 5.10. The molecule has 0 aliphatic rings. The number of nitrogens with one attached hydrogen (secondary N) is 2. The predicted molar refractivity (Wildman–Crippen MR) is 81.3 cm³/mol. The molecule has 22 heavy (non-hydrogen) atoms. The maximum atomic E-state index is 11.6. The van der Waals surface area contributed by atoms with E-state index >= 15 is 0 Å². The molecule has 0 saturated carbocycles. The Hall–Kier alpha value is -2.42. The van der Waals surface area contributed by atoms with Gasteiger partial charge < -0.3 is 0 Å². The SMILES string of the molecule is CC(=O)NNC(=O)CSc1nnnn1-c1cc(C)ccc1C. The number of hydrazine groups is 1. The van der Waals surface area contributed by atoms with Crippen molar-refractivity contribution >= 4 is 23.6 Å². The molecule has 0 radical (unpaired) electrons. The Balaban J connectivity index is 2.08. The fourth-order valence-corrected chi connectivity index (χ4v) is 2.38. The van der Waals surface area contributed by atoms with Crippen LogP contribution in [0, 0.1) is 13.8 Å². The van der Waals surface area contributed by atoms with E-state index in [2.05, 4.69) is 26.4 Å². The van der Waals surface area contributed by atoms with Gasteiger partial charge in [-0.1, -0.05) is 23.9 Å². The summed E-state index contributed by atoms with van der Waals surface area (Å²) in [5.41, 5.74) is 7.51. The Labute approximate surface area is 131 Å². The lowest BCUT2D eigenvalue weighted by atomic mass is 10.1. The average Bonchev–Trinajstić information content (AvgIpc) is 2.93. The van der Waals surface area contributed by atoms with Crippen molar-refractivity contribution in [2.45, 2.75) is 25.9 Å². The number of rotatable bonds is 4. The normalized spacial score (nSPS) is 10.3. The molecule has 116 valence electrons. The van der Waals surface area contributed by atoms with Gasteiger partial charge in [0.05, 0.1) is 11.4 Å². The van der Waals surface area contributed by atoms with Gasteiger partial charge in [0.25, 0.3) is 0 Å². The van der Waals surface area contributed by atoms with Crippen molar-refractivity contribution in [3.63, 3.8) is 0 Å². The Morgan fingerprint density at radius 1 is 1.27 bits per heavy atom. The third-order valence-corrected chi connectivity index (χ3v) is 3.66. The van der Waals surface area contributed by atoms with Crippen LogP contribution in [0.2, 0.25) is 0 Å². The molecule has 0 saturated heterocycles. The first-order valence-electron chi connectivity index (χ1n) is 6.51. The highest BCUT2D eigenvalue weighted by molar-refractivity contribution is 7.99. The smallest absolute Gasteiger partial charge is 0.248 e. The maximum absolute atomic E-state index is 11.6. The van der Waals surface area contributed by atoms with Gasteiger partial charge in [-0.2, -0.15) is 4.68 Å². The van der Waals surface area contributed by atoms with Crippen LogP contribution in [0.1, 0.15) is 18.1 Å². The van der Waals surface area contributed by atoms with Crippen LogP contribution in [0.25, 0.3) is 5.69 Å². The molecule has 2 aromatic rings. The van der Waals surface area contributed by atoms with Crippen molar-refractivity contribution in [3.8, 4) is 5.69 Å². The van der Waals surface area contributed by atoms with E-state index < -0.39 is 0 Å². The van der Waals surface area contributed by atoms with Gasteiger partial charge in [0.2, 0.25) is 17.0 Å². The number of carbonyl (C=O) groups excluding carboxylic acids is 2. The highest BCUT2D eigenvalue weighted by Gasteiger charge is 2.13. The van der Waals surface area contributed by atoms with Crippen molar-refractivity contribution in [1.29, 1.82) is 0 Å². The summed E-state index contributed by atoms with van der Waals surface area (Å²) in [6.07, 6.45) is 0. The maximum Gasteiger partial charge on any atom is 0.248 e. The van der Waals surface area contributed by atoms with Gasteiger partial charge in [0, 0.05) is 6.92 Å². The van der Waals surface area contributed by atoms with Gasteiger partial charge in [-0.25, -0.2) is 0 Å². The minimum absolute atomic E-state index is 0.0888. The zero-order valence-electron chi connectivity index (χ0n) is 12.5. The minimum atomic E-state index is -0.337. The van der Waals surface area contributed by atoms with Gasteiger partial charge in [-0.05, 0) is 41.5 Å². The molecular weight excluding hydrogens is 304 g/mol. The second-order valence-electron chi connectivity index (χ2n) is 4.68. The predicted octanol–water partition coefficient (Wildman–Crippen LogP) is 0.539. The quantitative estimate of drug-likeness (QED) is 0.630. The molecular formula is C13H16N6O2S. The monoisotopic (exact) mass is 320 g/mol. The Morgan fingerprint density at radius 3 is 2.77 bits per heavy atom. The highest BCUT2D eigenvalue weighted by Crippen LogP contribution is 2.21. The number of amides is 2. The van der Waals surface area contributed by atoms with E-state index in [9.17, 15) is 9.59 Å². The number of nitrogens with zero attached hydrogens (tertiary/aromatic N) is 4. The summed E-state index contributed by atoms with van der Waals surface area (Å²) in [5.74, 6) is -0.583. The molecule has 1 heterocycles. The van der Waals surface area contributed by atoms with Crippen LogP contribution in [0.3, 0.4) is 0 Å². The van der Waals surface area contributed by atoms with E-state index in [1.165, 1.54) is 18.7 Å². The lowest BCUT2D eigenvalue weighted by Crippen LogP contribution is -2.41. The second-order valence-corrected chi connectivity index (χ2v) is 5.62. The molecule has 0 fully saturated rings. The summed E-state index contributed by atoms with van der Waals surface area (Å²) >= 11 is 1.19. The molecule has 2 N–H and O–H groups in total. The fourth-order valence-electron chi connectivity index (χ4n) is 1.69. The van der Waals surface area contributed by atoms with E-state index in [1.807, 2.05) is 32.0 Å². The molecule has 0 unspecified atom stereocenters. The number of aryl methyl sites for hydroxylation is 2. The van der Waals surface area contributed by atoms with Gasteiger partial charge >= 0.3 is 0 Å². The summed E-state index contributed by atoms with van der Waals surface area (Å²) in [5, 5.41) is 12.1. The molecule has 1 aromatic heterocycles. The summed E-state index contributed by atoms with van der Waals surface area (Å²) < 4.78 is 1.60. The van der Waals surface area contributed by atoms with Crippen LogP contribution < -0.4 is 10.9 Å². The first kappa shape index (κ1) is 16.0. The molecule has 0 aliphatic heterocycles. The number of hydrogen-bond donors (Lipinski definition) is 2. The Morgan fingerprint density at radius 2 is 2.05 bits per heavy atom. The zero-order chi connectivity index (χ0) is 16.1. The summed E-state index contributed by atoms with van der Waals surface area (Å²) in [4.78, 5) is 22.3. The minimum Gasteiger partial charge on any atom is -0.274 e. The fraction of sp³-hybridized carbons (Fsp3) is 0.308. The van der Waals surface area contributed by atoms with Crippen molar-refractivity contribution in [2.24, 2.45) is 0 Å². The largest absolute Gasteiger partial charge is 0.274 e. The van der Waals surface area contributed by atoms with Gasteiger partial charge in [0.1, 0.15) is 0 Å². The van der Waals surface area contributed by atoms with Crippen LogP contribution in [-0.2, 0) is 9.59 Å². The first-order chi connectivity index (χ1) is 10.5. The molecule has 2 amide bonds. The lowest BCUT2D eigenvalue weighted by Gasteiger charge is -2.08. The Bertz CT molecular complexity index is 700. The first-order valence-corrected chi connectivity index (χ1v) is 7.50. The number of hydrogen-bond acceptors (Lipinski definition) is 6. The van der Waals surface area contributed by atoms with Gasteiger partial charge in [-0.3, -0.25) is 20.4 Å². The molecule has 1 aromatic carbocycles.